The number of nitrogens with one attached hydrogen (secondary N) is 1. The summed E-state index contributed by atoms with van der Waals surface area (Å²) in [6.45, 7) is 3.09. The molecule has 3 aliphatic rings. The number of carbonyl (C=O) groups is 1. The highest BCUT2D eigenvalue weighted by atomic mass is 16.2. The number of piperidine rings is 1. The smallest absolute Gasteiger partial charge is 0.226 e. The number of pyridine rings is 1. The van der Waals surface area contributed by atoms with E-state index in [2.05, 4.69) is 27.3 Å². The van der Waals surface area contributed by atoms with Gasteiger partial charge in [0.05, 0.1) is 6.04 Å². The predicted octanol–water partition coefficient (Wildman–Crippen LogP) is 2.13. The Morgan fingerprint density at radius 1 is 1.29 bits per heavy atom. The lowest BCUT2D eigenvalue weighted by Gasteiger charge is -2.28. The predicted molar refractivity (Wildman–Crippen MR) is 80.6 cm³/mol. The van der Waals surface area contributed by atoms with Crippen LogP contribution >= 0.6 is 0 Å². The number of aromatic nitrogens is 1. The third-order valence-corrected chi connectivity index (χ3v) is 5.71. The summed E-state index contributed by atoms with van der Waals surface area (Å²) in [5.74, 6) is 0.707. The minimum absolute atomic E-state index is 0.278. The molecule has 4 heteroatoms. The van der Waals surface area contributed by atoms with Crippen molar-refractivity contribution in [3.63, 3.8) is 0 Å². The maximum atomic E-state index is 13.0. The zero-order valence-corrected chi connectivity index (χ0v) is 12.4. The van der Waals surface area contributed by atoms with Crippen molar-refractivity contribution in [1.82, 2.24) is 15.2 Å². The zero-order chi connectivity index (χ0) is 14.3. The number of nitrogens with zero attached hydrogens (tertiary/aromatic N) is 2. The maximum Gasteiger partial charge on any atom is 0.226 e. The summed E-state index contributed by atoms with van der Waals surface area (Å²) < 4.78 is 0. The standard InChI is InChI=1S/C17H23N3O/c21-16(14-12-17(14)5-9-19-10-6-17)20-11-1-2-15(20)13-3-7-18-8-4-13/h3-4,7-8,14-15,19H,1-2,5-6,9-12H2. The Kier molecular flexibility index (Phi) is 3.21. The molecule has 1 saturated carbocycles. The van der Waals surface area contributed by atoms with Gasteiger partial charge < -0.3 is 10.2 Å². The van der Waals surface area contributed by atoms with Crippen LogP contribution in [0.15, 0.2) is 24.5 Å². The number of likely N-dealkylation sites (tertiary alicyclic amines) is 1. The van der Waals surface area contributed by atoms with Crippen LogP contribution in [0.25, 0.3) is 0 Å². The molecule has 2 saturated heterocycles. The van der Waals surface area contributed by atoms with Crippen molar-refractivity contribution in [3.05, 3.63) is 30.1 Å². The molecule has 2 aliphatic heterocycles. The van der Waals surface area contributed by atoms with Crippen molar-refractivity contribution in [2.45, 2.75) is 38.1 Å². The first-order valence-electron chi connectivity index (χ1n) is 8.21. The van der Waals surface area contributed by atoms with Gasteiger partial charge in [-0.05, 0) is 68.3 Å². The van der Waals surface area contributed by atoms with Crippen LogP contribution in [-0.4, -0.2) is 35.4 Å². The van der Waals surface area contributed by atoms with Crippen molar-refractivity contribution in [2.24, 2.45) is 11.3 Å². The maximum absolute atomic E-state index is 13.0. The molecular formula is C17H23N3O. The van der Waals surface area contributed by atoms with Gasteiger partial charge in [-0.3, -0.25) is 9.78 Å². The quantitative estimate of drug-likeness (QED) is 0.905. The summed E-state index contributed by atoms with van der Waals surface area (Å²) in [4.78, 5) is 19.2. The second-order valence-corrected chi connectivity index (χ2v) is 6.84. The molecule has 3 fully saturated rings. The third-order valence-electron chi connectivity index (χ3n) is 5.71. The van der Waals surface area contributed by atoms with E-state index in [0.717, 1.165) is 38.9 Å². The Bertz CT molecular complexity index is 524. The summed E-state index contributed by atoms with van der Waals surface area (Å²) in [6, 6.07) is 4.40. The van der Waals surface area contributed by atoms with Gasteiger partial charge in [0.1, 0.15) is 0 Å². The van der Waals surface area contributed by atoms with Gasteiger partial charge in [0, 0.05) is 24.9 Å². The monoisotopic (exact) mass is 285 g/mol. The van der Waals surface area contributed by atoms with E-state index in [1.807, 2.05) is 12.4 Å². The average molecular weight is 285 g/mol. The van der Waals surface area contributed by atoms with E-state index in [1.165, 1.54) is 18.4 Å². The SMILES string of the molecule is O=C(C1CC12CCNCC2)N1CCCC1c1ccncc1. The second kappa shape index (κ2) is 5.09. The first-order valence-corrected chi connectivity index (χ1v) is 8.21. The van der Waals surface area contributed by atoms with Crippen LogP contribution in [-0.2, 0) is 4.79 Å². The Morgan fingerprint density at radius 3 is 2.81 bits per heavy atom. The highest BCUT2D eigenvalue weighted by molar-refractivity contribution is 5.83. The Balaban J connectivity index is 1.49. The number of amides is 1. The molecule has 0 bridgehead atoms. The number of rotatable bonds is 2. The molecule has 1 spiro atoms. The molecule has 21 heavy (non-hydrogen) atoms. The number of hydrogen-bond donors (Lipinski definition) is 1. The normalized spacial score (nSPS) is 30.6. The van der Waals surface area contributed by atoms with E-state index in [9.17, 15) is 4.79 Å². The summed E-state index contributed by atoms with van der Waals surface area (Å²) in [5.41, 5.74) is 1.59. The Morgan fingerprint density at radius 2 is 2.05 bits per heavy atom. The Hall–Kier alpha value is -1.42. The lowest BCUT2D eigenvalue weighted by Crippen LogP contribution is -2.36. The molecule has 1 aromatic rings. The van der Waals surface area contributed by atoms with Crippen molar-refractivity contribution in [1.29, 1.82) is 0 Å². The summed E-state index contributed by atoms with van der Waals surface area (Å²) in [6.07, 6.45) is 9.36. The molecule has 4 rings (SSSR count). The van der Waals surface area contributed by atoms with Gasteiger partial charge >= 0.3 is 0 Å². The van der Waals surface area contributed by atoms with E-state index >= 15 is 0 Å². The lowest BCUT2D eigenvalue weighted by atomic mass is 9.91. The van der Waals surface area contributed by atoms with E-state index in [1.54, 1.807) is 0 Å². The molecule has 2 unspecified atom stereocenters. The van der Waals surface area contributed by atoms with Gasteiger partial charge in [0.2, 0.25) is 5.91 Å². The summed E-state index contributed by atoms with van der Waals surface area (Å²) >= 11 is 0. The van der Waals surface area contributed by atoms with Crippen molar-refractivity contribution in [3.8, 4) is 0 Å². The van der Waals surface area contributed by atoms with Crippen LogP contribution < -0.4 is 5.32 Å². The molecule has 0 aromatic carbocycles. The minimum atomic E-state index is 0.278. The summed E-state index contributed by atoms with van der Waals surface area (Å²) in [5, 5.41) is 3.41. The number of carbonyl (C=O) groups excluding carboxylic acids is 1. The molecule has 2 atom stereocenters. The van der Waals surface area contributed by atoms with Crippen LogP contribution in [0.2, 0.25) is 0 Å². The van der Waals surface area contributed by atoms with E-state index in [0.29, 0.717) is 17.2 Å². The minimum Gasteiger partial charge on any atom is -0.335 e. The first-order chi connectivity index (χ1) is 10.3. The molecule has 0 radical (unpaired) electrons. The fourth-order valence-corrected chi connectivity index (χ4v) is 4.34. The lowest BCUT2D eigenvalue weighted by molar-refractivity contribution is -0.134. The molecule has 1 amide bonds. The van der Waals surface area contributed by atoms with Gasteiger partial charge in [-0.2, -0.15) is 0 Å². The van der Waals surface area contributed by atoms with Crippen molar-refractivity contribution >= 4 is 5.91 Å². The van der Waals surface area contributed by atoms with Crippen molar-refractivity contribution in [2.75, 3.05) is 19.6 Å². The van der Waals surface area contributed by atoms with Crippen LogP contribution in [0.1, 0.15) is 43.7 Å². The third kappa shape index (κ3) is 2.26. The van der Waals surface area contributed by atoms with Crippen LogP contribution in [0, 0.1) is 11.3 Å². The van der Waals surface area contributed by atoms with E-state index in [-0.39, 0.29) is 6.04 Å². The second-order valence-electron chi connectivity index (χ2n) is 6.84. The highest BCUT2D eigenvalue weighted by Crippen LogP contribution is 2.59. The van der Waals surface area contributed by atoms with Gasteiger partial charge in [-0.15, -0.1) is 0 Å². The van der Waals surface area contributed by atoms with Crippen LogP contribution in [0.5, 0.6) is 0 Å². The number of hydrogen-bond acceptors (Lipinski definition) is 3. The van der Waals surface area contributed by atoms with E-state index < -0.39 is 0 Å². The van der Waals surface area contributed by atoms with Crippen LogP contribution in [0.4, 0.5) is 0 Å². The average Bonchev–Trinajstić information content (AvgIpc) is 3.01. The first kappa shape index (κ1) is 13.3. The molecule has 3 heterocycles. The van der Waals surface area contributed by atoms with Crippen LogP contribution in [0.3, 0.4) is 0 Å². The Labute approximate surface area is 125 Å². The molecule has 112 valence electrons. The molecule has 4 nitrogen and oxygen atoms in total. The van der Waals surface area contributed by atoms with Gasteiger partial charge in [0.25, 0.3) is 0 Å². The van der Waals surface area contributed by atoms with Gasteiger partial charge in [0.15, 0.2) is 0 Å². The van der Waals surface area contributed by atoms with Gasteiger partial charge in [-0.1, -0.05) is 0 Å². The molecule has 1 aromatic heterocycles. The highest BCUT2D eigenvalue weighted by Gasteiger charge is 2.59. The van der Waals surface area contributed by atoms with Crippen molar-refractivity contribution < 1.29 is 4.79 Å². The molecular weight excluding hydrogens is 262 g/mol. The fraction of sp³-hybridized carbons (Fsp3) is 0.647. The zero-order valence-electron chi connectivity index (χ0n) is 12.4. The topological polar surface area (TPSA) is 45.2 Å². The molecule has 1 aliphatic carbocycles. The fourth-order valence-electron chi connectivity index (χ4n) is 4.34. The van der Waals surface area contributed by atoms with Gasteiger partial charge in [-0.25, -0.2) is 0 Å². The largest absolute Gasteiger partial charge is 0.335 e. The summed E-state index contributed by atoms with van der Waals surface area (Å²) in [7, 11) is 0. The molecule has 1 N–H and O–H groups in total. The van der Waals surface area contributed by atoms with E-state index in [4.69, 9.17) is 0 Å².